The predicted octanol–water partition coefficient (Wildman–Crippen LogP) is -0.721. The Labute approximate surface area is 137 Å². The lowest BCUT2D eigenvalue weighted by Crippen LogP contribution is -2.53. The molecule has 0 atom stereocenters. The van der Waals surface area contributed by atoms with Crippen LogP contribution in [0.25, 0.3) is 0 Å². The average molecular weight is 322 g/mol. The zero-order valence-corrected chi connectivity index (χ0v) is 13.6. The highest BCUT2D eigenvalue weighted by molar-refractivity contribution is 5.86. The van der Waals surface area contributed by atoms with Gasteiger partial charge in [-0.3, -0.25) is 19.3 Å². The zero-order valence-electron chi connectivity index (χ0n) is 13.6. The van der Waals surface area contributed by atoms with Gasteiger partial charge in [0, 0.05) is 32.1 Å². The molecule has 0 unspecified atom stereocenters. The molecule has 3 heterocycles. The van der Waals surface area contributed by atoms with Gasteiger partial charge in [0.1, 0.15) is 0 Å². The largest absolute Gasteiger partial charge is 0.353 e. The second kappa shape index (κ2) is 7.29. The summed E-state index contributed by atoms with van der Waals surface area (Å²) in [6.45, 7) is 5.06. The molecule has 0 aromatic carbocycles. The van der Waals surface area contributed by atoms with Crippen molar-refractivity contribution in [2.45, 2.75) is 25.7 Å². The van der Waals surface area contributed by atoms with Gasteiger partial charge in [-0.2, -0.15) is 0 Å². The number of hydrogen-bond acceptors (Lipinski definition) is 4. The van der Waals surface area contributed by atoms with Crippen molar-refractivity contribution < 1.29 is 14.4 Å². The van der Waals surface area contributed by atoms with Crippen molar-refractivity contribution in [3.05, 3.63) is 0 Å². The molecule has 3 saturated heterocycles. The van der Waals surface area contributed by atoms with Crippen LogP contribution >= 0.6 is 0 Å². The van der Waals surface area contributed by atoms with Crippen LogP contribution < -0.4 is 5.32 Å². The van der Waals surface area contributed by atoms with Crippen LogP contribution in [0, 0.1) is 5.92 Å². The van der Waals surface area contributed by atoms with Crippen LogP contribution in [-0.2, 0) is 14.4 Å². The first-order valence-corrected chi connectivity index (χ1v) is 8.69. The zero-order chi connectivity index (χ0) is 16.2. The lowest BCUT2D eigenvalue weighted by atomic mass is 9.95. The van der Waals surface area contributed by atoms with Gasteiger partial charge in [-0.25, -0.2) is 0 Å². The molecule has 0 bridgehead atoms. The number of nitrogens with one attached hydrogen (secondary N) is 1. The van der Waals surface area contributed by atoms with E-state index in [1.165, 1.54) is 0 Å². The fourth-order valence-corrected chi connectivity index (χ4v) is 3.68. The van der Waals surface area contributed by atoms with Crippen molar-refractivity contribution in [1.29, 1.82) is 0 Å². The monoisotopic (exact) mass is 322 g/mol. The summed E-state index contributed by atoms with van der Waals surface area (Å²) in [4.78, 5) is 41.8. The molecule has 3 aliphatic rings. The molecule has 0 saturated carbocycles. The number of nitrogens with zero attached hydrogens (tertiary/aromatic N) is 3. The highest BCUT2D eigenvalue weighted by atomic mass is 16.2. The van der Waals surface area contributed by atoms with E-state index in [-0.39, 0.29) is 24.3 Å². The van der Waals surface area contributed by atoms with E-state index in [0.717, 1.165) is 51.9 Å². The molecule has 128 valence electrons. The molecule has 3 amide bonds. The van der Waals surface area contributed by atoms with Gasteiger partial charge in [0.2, 0.25) is 17.7 Å². The molecule has 7 nitrogen and oxygen atoms in total. The summed E-state index contributed by atoms with van der Waals surface area (Å²) >= 11 is 0. The summed E-state index contributed by atoms with van der Waals surface area (Å²) in [7, 11) is 0. The van der Waals surface area contributed by atoms with Crippen molar-refractivity contribution in [2.24, 2.45) is 5.92 Å². The minimum atomic E-state index is -0.0838. The Morgan fingerprint density at radius 1 is 1.00 bits per heavy atom. The van der Waals surface area contributed by atoms with Crippen LogP contribution in [0.4, 0.5) is 0 Å². The van der Waals surface area contributed by atoms with E-state index < -0.39 is 0 Å². The first-order valence-electron chi connectivity index (χ1n) is 8.69. The van der Waals surface area contributed by atoms with E-state index in [1.807, 2.05) is 4.90 Å². The quantitative estimate of drug-likeness (QED) is 0.744. The minimum absolute atomic E-state index is 0.0177. The molecule has 0 spiro atoms. The molecule has 7 heteroatoms. The SMILES string of the molecule is O=C1CN(C(=O)CN2CCC(C(=O)N3CCCC3)CC2)CCN1. The maximum atomic E-state index is 12.4. The lowest BCUT2D eigenvalue weighted by molar-refractivity contribution is -0.140. The topological polar surface area (TPSA) is 73.0 Å². The third kappa shape index (κ3) is 4.02. The Balaban J connectivity index is 1.42. The summed E-state index contributed by atoms with van der Waals surface area (Å²) in [5, 5.41) is 2.73. The number of rotatable bonds is 3. The first-order chi connectivity index (χ1) is 11.1. The number of piperazine rings is 1. The van der Waals surface area contributed by atoms with E-state index in [4.69, 9.17) is 0 Å². The first kappa shape index (κ1) is 16.2. The normalized spacial score (nSPS) is 23.9. The fraction of sp³-hybridized carbons (Fsp3) is 0.812. The van der Waals surface area contributed by atoms with E-state index in [2.05, 4.69) is 10.2 Å². The van der Waals surface area contributed by atoms with Gasteiger partial charge in [-0.05, 0) is 38.8 Å². The molecule has 0 aliphatic carbocycles. The van der Waals surface area contributed by atoms with Crippen molar-refractivity contribution >= 4 is 17.7 Å². The average Bonchev–Trinajstić information content (AvgIpc) is 3.09. The number of carbonyl (C=O) groups is 3. The van der Waals surface area contributed by atoms with Crippen LogP contribution in [0.15, 0.2) is 0 Å². The number of carbonyl (C=O) groups excluding carboxylic acids is 3. The van der Waals surface area contributed by atoms with E-state index >= 15 is 0 Å². The van der Waals surface area contributed by atoms with Gasteiger partial charge in [-0.15, -0.1) is 0 Å². The lowest BCUT2D eigenvalue weighted by Gasteiger charge is -2.34. The van der Waals surface area contributed by atoms with Gasteiger partial charge in [0.05, 0.1) is 13.1 Å². The second-order valence-corrected chi connectivity index (χ2v) is 6.75. The minimum Gasteiger partial charge on any atom is -0.353 e. The van der Waals surface area contributed by atoms with E-state index in [0.29, 0.717) is 25.5 Å². The van der Waals surface area contributed by atoms with Gasteiger partial charge in [0.25, 0.3) is 0 Å². The van der Waals surface area contributed by atoms with Gasteiger partial charge in [0.15, 0.2) is 0 Å². The Kier molecular flexibility index (Phi) is 5.15. The number of likely N-dealkylation sites (tertiary alicyclic amines) is 2. The highest BCUT2D eigenvalue weighted by Crippen LogP contribution is 2.22. The van der Waals surface area contributed by atoms with Gasteiger partial charge in [-0.1, -0.05) is 0 Å². The third-order valence-corrected chi connectivity index (χ3v) is 5.10. The van der Waals surface area contributed by atoms with Crippen LogP contribution in [0.5, 0.6) is 0 Å². The van der Waals surface area contributed by atoms with Crippen LogP contribution in [-0.4, -0.2) is 84.8 Å². The van der Waals surface area contributed by atoms with Crippen molar-refractivity contribution in [3.8, 4) is 0 Å². The van der Waals surface area contributed by atoms with Crippen molar-refractivity contribution in [1.82, 2.24) is 20.0 Å². The van der Waals surface area contributed by atoms with Crippen molar-refractivity contribution in [3.63, 3.8) is 0 Å². The molecular formula is C16H26N4O3. The Morgan fingerprint density at radius 2 is 1.70 bits per heavy atom. The second-order valence-electron chi connectivity index (χ2n) is 6.75. The van der Waals surface area contributed by atoms with Crippen LogP contribution in [0.2, 0.25) is 0 Å². The molecule has 0 aromatic heterocycles. The van der Waals surface area contributed by atoms with E-state index in [1.54, 1.807) is 4.90 Å². The number of piperidine rings is 1. The summed E-state index contributed by atoms with van der Waals surface area (Å²) < 4.78 is 0. The molecule has 23 heavy (non-hydrogen) atoms. The molecule has 1 N–H and O–H groups in total. The van der Waals surface area contributed by atoms with Gasteiger partial charge >= 0.3 is 0 Å². The molecular weight excluding hydrogens is 296 g/mol. The Bertz CT molecular complexity index is 468. The standard InChI is InChI=1S/C16H26N4O3/c21-14-11-20(10-5-17-14)15(22)12-18-8-3-13(4-9-18)16(23)19-6-1-2-7-19/h13H,1-12H2,(H,17,21). The van der Waals surface area contributed by atoms with E-state index in [9.17, 15) is 14.4 Å². The van der Waals surface area contributed by atoms with Crippen LogP contribution in [0.3, 0.4) is 0 Å². The molecule has 3 aliphatic heterocycles. The maximum absolute atomic E-state index is 12.4. The Morgan fingerprint density at radius 3 is 2.35 bits per heavy atom. The summed E-state index contributed by atoms with van der Waals surface area (Å²) in [6, 6.07) is 0. The molecule has 3 rings (SSSR count). The number of amides is 3. The fourth-order valence-electron chi connectivity index (χ4n) is 3.68. The molecule has 0 aromatic rings. The van der Waals surface area contributed by atoms with Crippen LogP contribution in [0.1, 0.15) is 25.7 Å². The van der Waals surface area contributed by atoms with Crippen molar-refractivity contribution in [2.75, 3.05) is 52.4 Å². The smallest absolute Gasteiger partial charge is 0.239 e. The maximum Gasteiger partial charge on any atom is 0.239 e. The predicted molar refractivity (Wildman–Crippen MR) is 84.6 cm³/mol. The summed E-state index contributed by atoms with van der Waals surface area (Å²) in [5.74, 6) is 0.366. The number of hydrogen-bond donors (Lipinski definition) is 1. The summed E-state index contributed by atoms with van der Waals surface area (Å²) in [5.41, 5.74) is 0. The highest BCUT2D eigenvalue weighted by Gasteiger charge is 2.31. The van der Waals surface area contributed by atoms with Gasteiger partial charge < -0.3 is 15.1 Å². The molecule has 3 fully saturated rings. The Hall–Kier alpha value is -1.63. The summed E-state index contributed by atoms with van der Waals surface area (Å²) in [6.07, 6.45) is 3.93. The molecule has 0 radical (unpaired) electrons. The third-order valence-electron chi connectivity index (χ3n) is 5.10.